The monoisotopic (exact) mass is 402 g/mol. The van der Waals surface area contributed by atoms with Gasteiger partial charge in [-0.15, -0.1) is 0 Å². The molecule has 0 aliphatic carbocycles. The minimum Gasteiger partial charge on any atom is -0.397 e. The van der Waals surface area contributed by atoms with Gasteiger partial charge in [-0.05, 0) is 26.1 Å². The van der Waals surface area contributed by atoms with Gasteiger partial charge in [-0.2, -0.15) is 0 Å². The maximum absolute atomic E-state index is 6.63. The first-order valence-corrected chi connectivity index (χ1v) is 10.1. The van der Waals surface area contributed by atoms with Gasteiger partial charge in [0.15, 0.2) is 0 Å². The molecule has 28 heavy (non-hydrogen) atoms. The number of nitrogen functional groups attached to an aromatic ring is 1. The summed E-state index contributed by atoms with van der Waals surface area (Å²) in [5, 5.41) is 0.665. The Hall–Kier alpha value is -2.09. The number of aromatic nitrogens is 2. The van der Waals surface area contributed by atoms with Crippen LogP contribution in [0.3, 0.4) is 0 Å². The van der Waals surface area contributed by atoms with Crippen molar-refractivity contribution in [3.63, 3.8) is 0 Å². The number of hydrogen-bond donors (Lipinski definition) is 1. The molecule has 2 aliphatic rings. The molecule has 2 aliphatic heterocycles. The van der Waals surface area contributed by atoms with Crippen LogP contribution in [-0.2, 0) is 4.74 Å². The van der Waals surface area contributed by atoms with Gasteiger partial charge in [0.05, 0.1) is 29.6 Å². The lowest BCUT2D eigenvalue weighted by Crippen LogP contribution is -2.50. The number of likely N-dealkylation sites (N-methyl/N-ethyl adjacent to an activating group) is 1. The minimum absolute atomic E-state index is 0.479. The molecule has 3 heterocycles. The van der Waals surface area contributed by atoms with Crippen LogP contribution >= 0.6 is 11.6 Å². The lowest BCUT2D eigenvalue weighted by molar-refractivity contribution is 0.122. The van der Waals surface area contributed by atoms with Crippen molar-refractivity contribution in [2.45, 2.75) is 13.0 Å². The van der Waals surface area contributed by atoms with Crippen molar-refractivity contribution >= 4 is 28.9 Å². The van der Waals surface area contributed by atoms with Crippen molar-refractivity contribution in [1.29, 1.82) is 0 Å². The van der Waals surface area contributed by atoms with E-state index >= 15 is 0 Å². The molecule has 0 amide bonds. The van der Waals surface area contributed by atoms with Crippen molar-refractivity contribution in [2.75, 3.05) is 68.5 Å². The second-order valence-corrected chi connectivity index (χ2v) is 7.94. The fraction of sp³-hybridized carbons (Fsp3) is 0.500. The van der Waals surface area contributed by atoms with Crippen LogP contribution in [0.1, 0.15) is 6.92 Å². The van der Waals surface area contributed by atoms with Crippen LogP contribution in [-0.4, -0.2) is 73.9 Å². The first-order valence-electron chi connectivity index (χ1n) is 9.72. The molecule has 0 saturated carbocycles. The van der Waals surface area contributed by atoms with Gasteiger partial charge < -0.3 is 25.2 Å². The van der Waals surface area contributed by atoms with Gasteiger partial charge in [0, 0.05) is 62.3 Å². The minimum atomic E-state index is 0.479. The fourth-order valence-corrected chi connectivity index (χ4v) is 4.00. The molecule has 0 spiro atoms. The van der Waals surface area contributed by atoms with Crippen LogP contribution in [0, 0.1) is 0 Å². The van der Waals surface area contributed by atoms with E-state index in [1.165, 1.54) is 0 Å². The Morgan fingerprint density at radius 2 is 1.79 bits per heavy atom. The summed E-state index contributed by atoms with van der Waals surface area (Å²) in [6.45, 7) is 8.16. The van der Waals surface area contributed by atoms with Gasteiger partial charge in [-0.25, -0.2) is 9.97 Å². The summed E-state index contributed by atoms with van der Waals surface area (Å²) in [7, 11) is 2.15. The number of ether oxygens (including phenoxy) is 1. The maximum atomic E-state index is 6.63. The maximum Gasteiger partial charge on any atom is 0.225 e. The number of rotatable bonds is 3. The molecule has 0 bridgehead atoms. The zero-order valence-electron chi connectivity index (χ0n) is 16.4. The molecule has 7 nitrogen and oxygen atoms in total. The number of halogens is 1. The molecule has 150 valence electrons. The Kier molecular flexibility index (Phi) is 5.57. The Labute approximate surface area is 171 Å². The van der Waals surface area contributed by atoms with Crippen LogP contribution in [0.15, 0.2) is 24.5 Å². The van der Waals surface area contributed by atoms with Crippen LogP contribution in [0.5, 0.6) is 0 Å². The Morgan fingerprint density at radius 1 is 1.07 bits per heavy atom. The molecular weight excluding hydrogens is 376 g/mol. The number of piperazine rings is 1. The quantitative estimate of drug-likeness (QED) is 0.790. The first kappa shape index (κ1) is 19.2. The molecule has 1 atom stereocenters. The van der Waals surface area contributed by atoms with Crippen molar-refractivity contribution in [1.82, 2.24) is 14.9 Å². The molecule has 0 radical (unpaired) electrons. The number of nitrogens with two attached hydrogens (primary N) is 1. The number of hydrogen-bond acceptors (Lipinski definition) is 7. The standard InChI is InChI=1S/C20H27ClN6O/c1-14-13-27(4-3-25(14)2)19-10-17(21)16(9-18(19)22)15-11-23-20(24-12-15)26-5-7-28-8-6-26/h9-12,14H,3-8,13,22H2,1-2H3. The van der Waals surface area contributed by atoms with Crippen molar-refractivity contribution < 1.29 is 4.74 Å². The highest BCUT2D eigenvalue weighted by molar-refractivity contribution is 6.33. The number of benzene rings is 1. The number of nitrogens with zero attached hydrogens (tertiary/aromatic N) is 5. The molecule has 2 fully saturated rings. The summed E-state index contributed by atoms with van der Waals surface area (Å²) in [4.78, 5) is 15.8. The summed E-state index contributed by atoms with van der Waals surface area (Å²) in [6, 6.07) is 4.39. The lowest BCUT2D eigenvalue weighted by Gasteiger charge is -2.39. The highest BCUT2D eigenvalue weighted by Crippen LogP contribution is 2.36. The predicted octanol–water partition coefficient (Wildman–Crippen LogP) is 2.36. The average Bonchev–Trinajstić information content (AvgIpc) is 2.72. The second kappa shape index (κ2) is 8.11. The molecule has 8 heteroatoms. The largest absolute Gasteiger partial charge is 0.397 e. The van der Waals surface area contributed by atoms with Gasteiger partial charge in [-0.3, -0.25) is 0 Å². The third-order valence-corrected chi connectivity index (χ3v) is 5.97. The van der Waals surface area contributed by atoms with Crippen LogP contribution in [0.25, 0.3) is 11.1 Å². The van der Waals surface area contributed by atoms with Gasteiger partial charge in [-0.1, -0.05) is 11.6 Å². The third kappa shape index (κ3) is 3.87. The molecule has 1 unspecified atom stereocenters. The molecule has 1 aromatic carbocycles. The summed E-state index contributed by atoms with van der Waals surface area (Å²) < 4.78 is 5.38. The smallest absolute Gasteiger partial charge is 0.225 e. The highest BCUT2D eigenvalue weighted by Gasteiger charge is 2.23. The van der Waals surface area contributed by atoms with Crippen molar-refractivity contribution in [2.24, 2.45) is 0 Å². The Bertz CT molecular complexity index is 824. The third-order valence-electron chi connectivity index (χ3n) is 5.66. The lowest BCUT2D eigenvalue weighted by atomic mass is 10.1. The summed E-state index contributed by atoms with van der Waals surface area (Å²) in [5.74, 6) is 0.721. The molecular formula is C20H27ClN6O. The van der Waals surface area contributed by atoms with E-state index in [1.54, 1.807) is 0 Å². The van der Waals surface area contributed by atoms with Gasteiger partial charge >= 0.3 is 0 Å². The van der Waals surface area contributed by atoms with Crippen molar-refractivity contribution in [3.05, 3.63) is 29.5 Å². The predicted molar refractivity (Wildman–Crippen MR) is 114 cm³/mol. The number of morpholine rings is 1. The SMILES string of the molecule is CC1CN(c2cc(Cl)c(-c3cnc(N4CCOCC4)nc3)cc2N)CCN1C. The van der Waals surface area contributed by atoms with E-state index in [2.05, 4.69) is 38.6 Å². The summed E-state index contributed by atoms with van der Waals surface area (Å²) in [5.41, 5.74) is 9.87. The van der Waals surface area contributed by atoms with E-state index < -0.39 is 0 Å². The highest BCUT2D eigenvalue weighted by atomic mass is 35.5. The zero-order chi connectivity index (χ0) is 19.7. The van der Waals surface area contributed by atoms with Crippen LogP contribution in [0.2, 0.25) is 5.02 Å². The van der Waals surface area contributed by atoms with E-state index in [-0.39, 0.29) is 0 Å². The van der Waals surface area contributed by atoms with Crippen LogP contribution < -0.4 is 15.5 Å². The second-order valence-electron chi connectivity index (χ2n) is 7.54. The van der Waals surface area contributed by atoms with Crippen LogP contribution in [0.4, 0.5) is 17.3 Å². The van der Waals surface area contributed by atoms with Gasteiger partial charge in [0.1, 0.15) is 0 Å². The molecule has 4 rings (SSSR count). The molecule has 1 aromatic heterocycles. The Balaban J connectivity index is 1.56. The van der Waals surface area contributed by atoms with E-state index in [1.807, 2.05) is 24.5 Å². The van der Waals surface area contributed by atoms with E-state index in [9.17, 15) is 0 Å². The van der Waals surface area contributed by atoms with Gasteiger partial charge in [0.25, 0.3) is 0 Å². The summed E-state index contributed by atoms with van der Waals surface area (Å²) in [6.07, 6.45) is 3.63. The Morgan fingerprint density at radius 3 is 2.46 bits per heavy atom. The van der Waals surface area contributed by atoms with Crippen molar-refractivity contribution in [3.8, 4) is 11.1 Å². The van der Waals surface area contributed by atoms with E-state index in [0.717, 1.165) is 61.2 Å². The number of anilines is 3. The molecule has 2 saturated heterocycles. The normalized spacial score (nSPS) is 21.2. The zero-order valence-corrected chi connectivity index (χ0v) is 17.2. The van der Waals surface area contributed by atoms with E-state index in [4.69, 9.17) is 22.1 Å². The van der Waals surface area contributed by atoms with Gasteiger partial charge in [0.2, 0.25) is 5.95 Å². The summed E-state index contributed by atoms with van der Waals surface area (Å²) >= 11 is 6.63. The molecule has 2 N–H and O–H groups in total. The van der Waals surface area contributed by atoms with E-state index in [0.29, 0.717) is 24.3 Å². The fourth-order valence-electron chi connectivity index (χ4n) is 3.73. The first-order chi connectivity index (χ1) is 13.5. The molecule has 2 aromatic rings. The topological polar surface area (TPSA) is 70.8 Å². The average molecular weight is 403 g/mol.